The van der Waals surface area contributed by atoms with Gasteiger partial charge in [-0.1, -0.05) is 32.9 Å². The van der Waals surface area contributed by atoms with Crippen molar-refractivity contribution in [3.63, 3.8) is 0 Å². The maximum Gasteiger partial charge on any atom is 0.299 e. The van der Waals surface area contributed by atoms with Crippen LogP contribution >= 0.6 is 0 Å². The first-order valence-corrected chi connectivity index (χ1v) is 7.80. The van der Waals surface area contributed by atoms with E-state index >= 15 is 0 Å². The van der Waals surface area contributed by atoms with Crippen LogP contribution in [0.2, 0.25) is 0 Å². The van der Waals surface area contributed by atoms with E-state index in [4.69, 9.17) is 0 Å². The van der Waals surface area contributed by atoms with E-state index in [0.717, 1.165) is 0 Å². The molecule has 0 heterocycles. The number of nitrogens with one attached hydrogen (secondary N) is 2. The third kappa shape index (κ3) is 5.61. The summed E-state index contributed by atoms with van der Waals surface area (Å²) in [6.07, 6.45) is 0. The quantitative estimate of drug-likeness (QED) is 0.896. The molecule has 0 radical (unpaired) electrons. The molecule has 108 valence electrons. The summed E-state index contributed by atoms with van der Waals surface area (Å²) in [5, 5.41) is 0. The lowest BCUT2D eigenvalue weighted by molar-refractivity contribution is 0.494. The lowest BCUT2D eigenvalue weighted by Gasteiger charge is -2.22. The van der Waals surface area contributed by atoms with E-state index in [9.17, 15) is 8.42 Å². The van der Waals surface area contributed by atoms with Crippen LogP contribution in [-0.4, -0.2) is 14.0 Å². The van der Waals surface area contributed by atoms with Gasteiger partial charge in [0.15, 0.2) is 0 Å². The molecule has 0 aliphatic heterocycles. The van der Waals surface area contributed by atoms with Crippen LogP contribution < -0.4 is 9.44 Å². The summed E-state index contributed by atoms with van der Waals surface area (Å²) < 4.78 is 28.8. The minimum atomic E-state index is -3.54. The van der Waals surface area contributed by atoms with Crippen LogP contribution in [0.3, 0.4) is 0 Å². The van der Waals surface area contributed by atoms with Crippen molar-refractivity contribution in [1.29, 1.82) is 0 Å². The largest absolute Gasteiger partial charge is 0.299 e. The number of rotatable bonds is 3. The van der Waals surface area contributed by atoms with Crippen molar-refractivity contribution >= 4 is 15.9 Å². The second-order valence-corrected chi connectivity index (χ2v) is 8.20. The predicted octanol–water partition coefficient (Wildman–Crippen LogP) is 3.03. The fraction of sp³-hybridized carbons (Fsp3) is 0.571. The fourth-order valence-corrected chi connectivity index (χ4v) is 2.93. The first-order valence-electron chi connectivity index (χ1n) is 6.31. The Labute approximate surface area is 116 Å². The second kappa shape index (κ2) is 5.13. The first kappa shape index (κ1) is 16.0. The molecule has 0 amide bonds. The summed E-state index contributed by atoms with van der Waals surface area (Å²) in [7, 11) is -3.54. The third-order valence-electron chi connectivity index (χ3n) is 2.44. The van der Waals surface area contributed by atoms with Gasteiger partial charge in [0, 0.05) is 11.2 Å². The topological polar surface area (TPSA) is 58.2 Å². The van der Waals surface area contributed by atoms with E-state index in [2.05, 4.69) is 30.2 Å². The SMILES string of the molecule is CC(C)(C)NS(=O)(=O)Nc1ccc(C(C)(C)C)cc1. The van der Waals surface area contributed by atoms with Crippen molar-refractivity contribution in [2.75, 3.05) is 4.72 Å². The van der Waals surface area contributed by atoms with Crippen molar-refractivity contribution in [2.24, 2.45) is 0 Å². The normalized spacial score (nSPS) is 13.4. The van der Waals surface area contributed by atoms with Crippen LogP contribution in [0.5, 0.6) is 0 Å². The number of anilines is 1. The maximum absolute atomic E-state index is 11.9. The Hall–Kier alpha value is -1.07. The minimum absolute atomic E-state index is 0.0566. The van der Waals surface area contributed by atoms with Crippen molar-refractivity contribution < 1.29 is 8.42 Å². The highest BCUT2D eigenvalue weighted by Crippen LogP contribution is 2.23. The Bertz CT molecular complexity index is 520. The van der Waals surface area contributed by atoms with Crippen LogP contribution in [0.25, 0.3) is 0 Å². The molecular weight excluding hydrogens is 260 g/mol. The van der Waals surface area contributed by atoms with E-state index < -0.39 is 15.7 Å². The molecule has 0 spiro atoms. The molecule has 0 aliphatic rings. The Morgan fingerprint density at radius 3 is 1.74 bits per heavy atom. The van der Waals surface area contributed by atoms with Gasteiger partial charge in [0.1, 0.15) is 0 Å². The Balaban J connectivity index is 2.84. The molecule has 4 nitrogen and oxygen atoms in total. The summed E-state index contributed by atoms with van der Waals surface area (Å²) in [6.45, 7) is 11.8. The zero-order valence-corrected chi connectivity index (χ0v) is 13.4. The monoisotopic (exact) mass is 284 g/mol. The van der Waals surface area contributed by atoms with Gasteiger partial charge in [0.2, 0.25) is 0 Å². The van der Waals surface area contributed by atoms with Gasteiger partial charge in [-0.2, -0.15) is 13.1 Å². The highest BCUT2D eigenvalue weighted by atomic mass is 32.2. The molecule has 1 aromatic carbocycles. The molecule has 0 aliphatic carbocycles. The van der Waals surface area contributed by atoms with Gasteiger partial charge in [-0.3, -0.25) is 4.72 Å². The van der Waals surface area contributed by atoms with Gasteiger partial charge >= 0.3 is 0 Å². The fourth-order valence-electron chi connectivity index (χ4n) is 1.62. The van der Waals surface area contributed by atoms with Crippen molar-refractivity contribution in [2.45, 2.75) is 52.5 Å². The Morgan fingerprint density at radius 2 is 1.37 bits per heavy atom. The molecule has 2 N–H and O–H groups in total. The van der Waals surface area contributed by atoms with Gasteiger partial charge < -0.3 is 0 Å². The second-order valence-electron chi connectivity index (χ2n) is 6.78. The standard InChI is InChI=1S/C14H24N2O2S/c1-13(2,3)11-7-9-12(10-8-11)15-19(17,18)16-14(4,5)6/h7-10,15-16H,1-6H3. The lowest BCUT2D eigenvalue weighted by Crippen LogP contribution is -2.43. The van der Waals surface area contributed by atoms with E-state index in [-0.39, 0.29) is 5.41 Å². The first-order chi connectivity index (χ1) is 8.39. The van der Waals surface area contributed by atoms with Gasteiger partial charge in [0.25, 0.3) is 10.2 Å². The molecule has 1 aromatic rings. The molecule has 0 aromatic heterocycles. The van der Waals surface area contributed by atoms with Gasteiger partial charge in [0.05, 0.1) is 0 Å². The molecular formula is C14H24N2O2S. The molecule has 5 heteroatoms. The van der Waals surface area contributed by atoms with E-state index in [1.165, 1.54) is 5.56 Å². The van der Waals surface area contributed by atoms with Crippen LogP contribution in [-0.2, 0) is 15.6 Å². The highest BCUT2D eigenvalue weighted by molar-refractivity contribution is 7.90. The molecule has 0 bridgehead atoms. The predicted molar refractivity (Wildman–Crippen MR) is 80.6 cm³/mol. The summed E-state index contributed by atoms with van der Waals surface area (Å²) in [5.74, 6) is 0. The lowest BCUT2D eigenvalue weighted by atomic mass is 9.87. The minimum Gasteiger partial charge on any atom is -0.271 e. The number of hydrogen-bond donors (Lipinski definition) is 2. The summed E-state index contributed by atoms with van der Waals surface area (Å²) in [4.78, 5) is 0. The van der Waals surface area contributed by atoms with Crippen LogP contribution in [0.4, 0.5) is 5.69 Å². The molecule has 0 saturated heterocycles. The molecule has 19 heavy (non-hydrogen) atoms. The van der Waals surface area contributed by atoms with Crippen molar-refractivity contribution in [1.82, 2.24) is 4.72 Å². The average molecular weight is 284 g/mol. The molecule has 0 fully saturated rings. The Morgan fingerprint density at radius 1 is 0.895 bits per heavy atom. The number of hydrogen-bond acceptors (Lipinski definition) is 2. The summed E-state index contributed by atoms with van der Waals surface area (Å²) in [6, 6.07) is 7.44. The van der Waals surface area contributed by atoms with Gasteiger partial charge in [-0.25, -0.2) is 0 Å². The maximum atomic E-state index is 11.9. The third-order valence-corrected chi connectivity index (χ3v) is 3.83. The molecule has 1 rings (SSSR count). The summed E-state index contributed by atoms with van der Waals surface area (Å²) >= 11 is 0. The van der Waals surface area contributed by atoms with Crippen LogP contribution in [0, 0.1) is 0 Å². The highest BCUT2D eigenvalue weighted by Gasteiger charge is 2.20. The van der Waals surface area contributed by atoms with Crippen molar-refractivity contribution in [3.8, 4) is 0 Å². The number of benzene rings is 1. The Kier molecular flexibility index (Phi) is 4.32. The molecule has 0 saturated carbocycles. The summed E-state index contributed by atoms with van der Waals surface area (Å²) in [5.41, 5.74) is 1.28. The molecule has 0 unspecified atom stereocenters. The van der Waals surface area contributed by atoms with Gasteiger partial charge in [-0.15, -0.1) is 0 Å². The average Bonchev–Trinajstić information content (AvgIpc) is 2.11. The van der Waals surface area contributed by atoms with Crippen molar-refractivity contribution in [3.05, 3.63) is 29.8 Å². The smallest absolute Gasteiger partial charge is 0.271 e. The van der Waals surface area contributed by atoms with Gasteiger partial charge in [-0.05, 0) is 43.9 Å². The molecule has 0 atom stereocenters. The zero-order chi connectivity index (χ0) is 14.9. The van der Waals surface area contributed by atoms with Crippen LogP contribution in [0.1, 0.15) is 47.1 Å². The van der Waals surface area contributed by atoms with E-state index in [0.29, 0.717) is 5.69 Å². The van der Waals surface area contributed by atoms with E-state index in [1.54, 1.807) is 32.9 Å². The van der Waals surface area contributed by atoms with Crippen LogP contribution in [0.15, 0.2) is 24.3 Å². The van der Waals surface area contributed by atoms with E-state index in [1.807, 2.05) is 12.1 Å². The zero-order valence-electron chi connectivity index (χ0n) is 12.5.